The smallest absolute Gasteiger partial charge is 0.263 e. The van der Waals surface area contributed by atoms with Crippen LogP contribution in [0.15, 0.2) is 48.5 Å². The maximum atomic E-state index is 12.6. The number of para-hydroxylation sites is 2. The van der Waals surface area contributed by atoms with Crippen molar-refractivity contribution in [3.63, 3.8) is 0 Å². The fraction of sp³-hybridized carbons (Fsp3) is 0.435. The molecule has 1 N–H and O–H groups in total. The summed E-state index contributed by atoms with van der Waals surface area (Å²) in [5.74, 6) is 0.586. The molecule has 0 aliphatic carbocycles. The number of sulfonamides is 1. The summed E-state index contributed by atoms with van der Waals surface area (Å²) in [5, 5.41) is 2.89. The molecule has 0 spiro atoms. The average Bonchev–Trinajstić information content (AvgIpc) is 2.76. The summed E-state index contributed by atoms with van der Waals surface area (Å²) in [6.07, 6.45) is 0.794. The van der Waals surface area contributed by atoms with E-state index in [-0.39, 0.29) is 18.2 Å². The third-order valence-corrected chi connectivity index (χ3v) is 7.06. The molecular weight excluding hydrogens is 400 g/mol. The predicted octanol–water partition coefficient (Wildman–Crippen LogP) is 3.48. The summed E-state index contributed by atoms with van der Waals surface area (Å²) < 4.78 is 32.1. The predicted molar refractivity (Wildman–Crippen MR) is 120 cm³/mol. The minimum absolute atomic E-state index is 0.0182. The van der Waals surface area contributed by atoms with Crippen LogP contribution in [0.2, 0.25) is 0 Å². The SMILES string of the molecule is CCS(=O)(=O)N1C[C@@H](C(=O)NCCCc2ccc(C(C)C)cc2)Oc2ccccc21. The van der Waals surface area contributed by atoms with Gasteiger partial charge in [0.1, 0.15) is 5.75 Å². The number of anilines is 1. The molecule has 1 aliphatic heterocycles. The van der Waals surface area contributed by atoms with Gasteiger partial charge in [-0.1, -0.05) is 50.2 Å². The molecular formula is C23H30N2O4S. The van der Waals surface area contributed by atoms with Gasteiger partial charge in [-0.3, -0.25) is 9.10 Å². The molecule has 0 bridgehead atoms. The van der Waals surface area contributed by atoms with Gasteiger partial charge in [-0.15, -0.1) is 0 Å². The second-order valence-corrected chi connectivity index (χ2v) is 9.98. The molecule has 1 amide bonds. The third kappa shape index (κ3) is 5.14. The second kappa shape index (κ2) is 9.51. The van der Waals surface area contributed by atoms with Gasteiger partial charge in [0.05, 0.1) is 18.0 Å². The van der Waals surface area contributed by atoms with E-state index in [1.807, 2.05) is 0 Å². The van der Waals surface area contributed by atoms with Crippen molar-refractivity contribution in [1.82, 2.24) is 5.32 Å². The van der Waals surface area contributed by atoms with Crippen molar-refractivity contribution >= 4 is 21.6 Å². The third-order valence-electron chi connectivity index (χ3n) is 5.32. The molecule has 0 saturated carbocycles. The van der Waals surface area contributed by atoms with Crippen LogP contribution in [0, 0.1) is 0 Å². The van der Waals surface area contributed by atoms with Crippen LogP contribution in [0.1, 0.15) is 44.2 Å². The van der Waals surface area contributed by atoms with Crippen molar-refractivity contribution in [2.75, 3.05) is 23.1 Å². The van der Waals surface area contributed by atoms with Gasteiger partial charge in [0.15, 0.2) is 6.10 Å². The van der Waals surface area contributed by atoms with Gasteiger partial charge in [0, 0.05) is 6.54 Å². The maximum absolute atomic E-state index is 12.6. The molecule has 0 radical (unpaired) electrons. The summed E-state index contributed by atoms with van der Waals surface area (Å²) in [4.78, 5) is 12.6. The largest absolute Gasteiger partial charge is 0.476 e. The lowest BCUT2D eigenvalue weighted by molar-refractivity contribution is -0.127. The Balaban J connectivity index is 1.56. The Morgan fingerprint density at radius 1 is 1.17 bits per heavy atom. The van der Waals surface area contributed by atoms with Crippen LogP contribution in [0.25, 0.3) is 0 Å². The molecule has 3 rings (SSSR count). The Morgan fingerprint density at radius 3 is 2.53 bits per heavy atom. The van der Waals surface area contributed by atoms with E-state index in [2.05, 4.69) is 43.4 Å². The highest BCUT2D eigenvalue weighted by molar-refractivity contribution is 7.92. The molecule has 0 fully saturated rings. The zero-order valence-corrected chi connectivity index (χ0v) is 18.6. The Bertz CT molecular complexity index is 971. The molecule has 7 heteroatoms. The number of ether oxygens (including phenoxy) is 1. The second-order valence-electron chi connectivity index (χ2n) is 7.80. The molecule has 162 valence electrons. The van der Waals surface area contributed by atoms with Gasteiger partial charge < -0.3 is 10.1 Å². The monoisotopic (exact) mass is 430 g/mol. The zero-order valence-electron chi connectivity index (χ0n) is 17.8. The molecule has 1 atom stereocenters. The number of benzene rings is 2. The number of aryl methyl sites for hydroxylation is 1. The van der Waals surface area contributed by atoms with Crippen LogP contribution in [-0.2, 0) is 21.2 Å². The van der Waals surface area contributed by atoms with Crippen LogP contribution < -0.4 is 14.4 Å². The topological polar surface area (TPSA) is 75.7 Å². The average molecular weight is 431 g/mol. The number of nitrogens with zero attached hydrogens (tertiary/aromatic N) is 1. The number of hydrogen-bond donors (Lipinski definition) is 1. The summed E-state index contributed by atoms with van der Waals surface area (Å²) >= 11 is 0. The van der Waals surface area contributed by atoms with E-state index in [4.69, 9.17) is 4.74 Å². The lowest BCUT2D eigenvalue weighted by atomic mass is 10.0. The number of nitrogens with one attached hydrogen (secondary N) is 1. The minimum atomic E-state index is -3.50. The molecule has 1 heterocycles. The van der Waals surface area contributed by atoms with E-state index >= 15 is 0 Å². The van der Waals surface area contributed by atoms with Crippen molar-refractivity contribution in [2.24, 2.45) is 0 Å². The quantitative estimate of drug-likeness (QED) is 0.651. The van der Waals surface area contributed by atoms with E-state index < -0.39 is 16.1 Å². The van der Waals surface area contributed by atoms with Crippen molar-refractivity contribution < 1.29 is 17.9 Å². The standard InChI is InChI=1S/C23H30N2O4S/c1-4-30(27,28)25-16-22(29-21-10-6-5-9-20(21)25)23(26)24-15-7-8-18-11-13-19(14-12-18)17(2)3/h5-6,9-14,17,22H,4,7-8,15-16H2,1-3H3,(H,24,26)/t22-/m0/s1. The highest BCUT2D eigenvalue weighted by Crippen LogP contribution is 2.35. The number of hydrogen-bond acceptors (Lipinski definition) is 4. The lowest BCUT2D eigenvalue weighted by Crippen LogP contribution is -2.51. The molecule has 0 saturated heterocycles. The van der Waals surface area contributed by atoms with Crippen LogP contribution in [0.4, 0.5) is 5.69 Å². The molecule has 2 aromatic carbocycles. The fourth-order valence-corrected chi connectivity index (χ4v) is 4.57. The van der Waals surface area contributed by atoms with E-state index in [0.717, 1.165) is 12.8 Å². The Hall–Kier alpha value is -2.54. The summed E-state index contributed by atoms with van der Waals surface area (Å²) in [7, 11) is -3.50. The maximum Gasteiger partial charge on any atom is 0.263 e. The zero-order chi connectivity index (χ0) is 21.7. The minimum Gasteiger partial charge on any atom is -0.476 e. The molecule has 2 aromatic rings. The first kappa shape index (κ1) is 22.2. The van der Waals surface area contributed by atoms with E-state index in [1.165, 1.54) is 15.4 Å². The van der Waals surface area contributed by atoms with Gasteiger partial charge in [-0.05, 0) is 48.9 Å². The Morgan fingerprint density at radius 2 is 1.87 bits per heavy atom. The van der Waals surface area contributed by atoms with Crippen molar-refractivity contribution in [2.45, 2.75) is 45.6 Å². The molecule has 0 aromatic heterocycles. The van der Waals surface area contributed by atoms with Crippen LogP contribution in [0.3, 0.4) is 0 Å². The normalized spacial score (nSPS) is 16.1. The number of amides is 1. The number of fused-ring (bicyclic) bond motifs is 1. The van der Waals surface area contributed by atoms with Crippen molar-refractivity contribution in [3.8, 4) is 5.75 Å². The van der Waals surface area contributed by atoms with Crippen molar-refractivity contribution in [1.29, 1.82) is 0 Å². The molecule has 0 unspecified atom stereocenters. The first-order valence-electron chi connectivity index (χ1n) is 10.4. The summed E-state index contributed by atoms with van der Waals surface area (Å²) in [5.41, 5.74) is 3.03. The van der Waals surface area contributed by atoms with Crippen molar-refractivity contribution in [3.05, 3.63) is 59.7 Å². The number of rotatable bonds is 8. The van der Waals surface area contributed by atoms with Crippen LogP contribution >= 0.6 is 0 Å². The van der Waals surface area contributed by atoms with Crippen LogP contribution in [-0.4, -0.2) is 39.3 Å². The number of carbonyl (C=O) groups excluding carboxylic acids is 1. The Kier molecular flexibility index (Phi) is 7.02. The summed E-state index contributed by atoms with van der Waals surface area (Å²) in [6, 6.07) is 15.5. The highest BCUT2D eigenvalue weighted by Gasteiger charge is 2.35. The fourth-order valence-electron chi connectivity index (χ4n) is 3.45. The van der Waals surface area contributed by atoms with E-state index in [9.17, 15) is 13.2 Å². The lowest BCUT2D eigenvalue weighted by Gasteiger charge is -2.34. The first-order chi connectivity index (χ1) is 14.3. The number of carbonyl (C=O) groups is 1. The van der Waals surface area contributed by atoms with Gasteiger partial charge in [-0.25, -0.2) is 8.42 Å². The molecule has 6 nitrogen and oxygen atoms in total. The Labute approximate surface area is 179 Å². The van der Waals surface area contributed by atoms with Gasteiger partial charge in [0.25, 0.3) is 5.91 Å². The van der Waals surface area contributed by atoms with E-state index in [1.54, 1.807) is 31.2 Å². The summed E-state index contributed by atoms with van der Waals surface area (Å²) in [6.45, 7) is 6.42. The molecule has 30 heavy (non-hydrogen) atoms. The van der Waals surface area contributed by atoms with Gasteiger partial charge in [-0.2, -0.15) is 0 Å². The van der Waals surface area contributed by atoms with E-state index in [0.29, 0.717) is 23.9 Å². The van der Waals surface area contributed by atoms with Crippen LogP contribution in [0.5, 0.6) is 5.75 Å². The molecule has 1 aliphatic rings. The first-order valence-corrected chi connectivity index (χ1v) is 12.1. The van der Waals surface area contributed by atoms with Gasteiger partial charge >= 0.3 is 0 Å². The highest BCUT2D eigenvalue weighted by atomic mass is 32.2. The van der Waals surface area contributed by atoms with Gasteiger partial charge in [0.2, 0.25) is 10.0 Å².